The number of nitrogens with one attached hydrogen (secondary N) is 1. The Morgan fingerprint density at radius 3 is 2.65 bits per heavy atom. The summed E-state index contributed by atoms with van der Waals surface area (Å²) in [5.41, 5.74) is 0. The lowest BCUT2D eigenvalue weighted by molar-refractivity contribution is -0.136. The van der Waals surface area contributed by atoms with E-state index in [0.29, 0.717) is 18.6 Å². The number of nitrogens with zero attached hydrogens (tertiary/aromatic N) is 1. The topological polar surface area (TPSA) is 15.3 Å². The van der Waals surface area contributed by atoms with E-state index in [1.165, 1.54) is 6.42 Å². The van der Waals surface area contributed by atoms with Crippen LogP contribution in [0.2, 0.25) is 0 Å². The molecule has 0 radical (unpaired) electrons. The lowest BCUT2D eigenvalue weighted by Crippen LogP contribution is -2.50. The normalized spacial score (nSPS) is 24.9. The summed E-state index contributed by atoms with van der Waals surface area (Å²) in [6.45, 7) is 3.61. The smallest absolute Gasteiger partial charge is 0.316 e. The first kappa shape index (κ1) is 14.8. The molecule has 0 aliphatic carbocycles. The molecule has 17 heavy (non-hydrogen) atoms. The van der Waals surface area contributed by atoms with Crippen LogP contribution in [0.25, 0.3) is 0 Å². The Balaban J connectivity index is 2.38. The van der Waals surface area contributed by atoms with Gasteiger partial charge in [-0.3, -0.25) is 4.90 Å². The first-order valence-corrected chi connectivity index (χ1v) is 6.42. The summed E-state index contributed by atoms with van der Waals surface area (Å²) in [6, 6.07) is 0.739. The van der Waals surface area contributed by atoms with E-state index in [2.05, 4.69) is 17.1 Å². The fourth-order valence-electron chi connectivity index (χ4n) is 2.54. The van der Waals surface area contributed by atoms with Crippen molar-refractivity contribution in [2.75, 3.05) is 20.1 Å². The predicted molar refractivity (Wildman–Crippen MR) is 63.0 cm³/mol. The van der Waals surface area contributed by atoms with Gasteiger partial charge in [-0.15, -0.1) is 0 Å². The van der Waals surface area contributed by atoms with Gasteiger partial charge in [-0.2, -0.15) is 13.2 Å². The minimum atomic E-state index is -4.01. The van der Waals surface area contributed by atoms with Crippen molar-refractivity contribution in [3.05, 3.63) is 0 Å². The molecular formula is C12H23F3N2. The van der Waals surface area contributed by atoms with Crippen molar-refractivity contribution >= 4 is 0 Å². The minimum absolute atomic E-state index is 0.219. The maximum absolute atomic E-state index is 12.1. The second-order valence-corrected chi connectivity index (χ2v) is 4.90. The summed E-state index contributed by atoms with van der Waals surface area (Å²) >= 11 is 0. The highest BCUT2D eigenvalue weighted by Crippen LogP contribution is 2.24. The molecule has 102 valence electrons. The SMILES string of the molecule is CNC(C)C1CCCCN1CCCC(F)(F)F. The summed E-state index contributed by atoms with van der Waals surface area (Å²) in [4.78, 5) is 2.22. The van der Waals surface area contributed by atoms with E-state index < -0.39 is 12.6 Å². The van der Waals surface area contributed by atoms with Crippen molar-refractivity contribution in [1.29, 1.82) is 0 Å². The van der Waals surface area contributed by atoms with Crippen LogP contribution in [0.5, 0.6) is 0 Å². The van der Waals surface area contributed by atoms with Gasteiger partial charge >= 0.3 is 6.18 Å². The molecule has 2 nitrogen and oxygen atoms in total. The van der Waals surface area contributed by atoms with E-state index in [0.717, 1.165) is 19.4 Å². The highest BCUT2D eigenvalue weighted by molar-refractivity contribution is 4.84. The zero-order chi connectivity index (χ0) is 12.9. The molecule has 1 heterocycles. The first-order chi connectivity index (χ1) is 7.94. The van der Waals surface area contributed by atoms with Gasteiger partial charge in [0, 0.05) is 18.5 Å². The summed E-state index contributed by atoms with van der Waals surface area (Å²) in [7, 11) is 1.91. The number of likely N-dealkylation sites (N-methyl/N-ethyl adjacent to an activating group) is 1. The third kappa shape index (κ3) is 5.25. The largest absolute Gasteiger partial charge is 0.389 e. The molecule has 5 heteroatoms. The molecule has 1 saturated heterocycles. The number of alkyl halides is 3. The number of hydrogen-bond donors (Lipinski definition) is 1. The predicted octanol–water partition coefficient (Wildman–Crippen LogP) is 2.79. The van der Waals surface area contributed by atoms with Gasteiger partial charge in [-0.1, -0.05) is 6.42 Å². The van der Waals surface area contributed by atoms with Crippen LogP contribution < -0.4 is 5.32 Å². The second-order valence-electron chi connectivity index (χ2n) is 4.90. The molecule has 1 fully saturated rings. The van der Waals surface area contributed by atoms with Gasteiger partial charge in [0.15, 0.2) is 0 Å². The van der Waals surface area contributed by atoms with Crippen LogP contribution in [0.3, 0.4) is 0 Å². The third-order valence-corrected chi connectivity index (χ3v) is 3.60. The number of halogens is 3. The Labute approximate surface area is 102 Å². The van der Waals surface area contributed by atoms with E-state index in [9.17, 15) is 13.2 Å². The highest BCUT2D eigenvalue weighted by atomic mass is 19.4. The molecule has 1 aliphatic rings. The van der Waals surface area contributed by atoms with Gasteiger partial charge in [0.1, 0.15) is 0 Å². The van der Waals surface area contributed by atoms with Crippen molar-refractivity contribution in [2.24, 2.45) is 0 Å². The quantitative estimate of drug-likeness (QED) is 0.809. The van der Waals surface area contributed by atoms with Crippen molar-refractivity contribution < 1.29 is 13.2 Å². The Hall–Kier alpha value is -0.290. The Morgan fingerprint density at radius 1 is 1.35 bits per heavy atom. The van der Waals surface area contributed by atoms with E-state index in [4.69, 9.17) is 0 Å². The Morgan fingerprint density at radius 2 is 2.06 bits per heavy atom. The number of piperidine rings is 1. The lowest BCUT2D eigenvalue weighted by Gasteiger charge is -2.39. The molecule has 2 unspecified atom stereocenters. The maximum atomic E-state index is 12.1. The van der Waals surface area contributed by atoms with Crippen LogP contribution in [0.4, 0.5) is 13.2 Å². The van der Waals surface area contributed by atoms with E-state index in [1.54, 1.807) is 0 Å². The molecule has 1 rings (SSSR count). The average molecular weight is 252 g/mol. The Kier molecular flexibility index (Phi) is 5.73. The zero-order valence-electron chi connectivity index (χ0n) is 10.7. The molecule has 0 aromatic heterocycles. The number of likely N-dealkylation sites (tertiary alicyclic amines) is 1. The fourth-order valence-corrected chi connectivity index (χ4v) is 2.54. The molecule has 0 aromatic carbocycles. The van der Waals surface area contributed by atoms with Gasteiger partial charge in [0.05, 0.1) is 0 Å². The van der Waals surface area contributed by atoms with Gasteiger partial charge in [-0.05, 0) is 46.3 Å². The van der Waals surface area contributed by atoms with Gasteiger partial charge < -0.3 is 5.32 Å². The minimum Gasteiger partial charge on any atom is -0.316 e. The molecule has 1 N–H and O–H groups in total. The fraction of sp³-hybridized carbons (Fsp3) is 1.00. The van der Waals surface area contributed by atoms with Crippen molar-refractivity contribution in [2.45, 2.75) is 57.3 Å². The average Bonchev–Trinajstić information content (AvgIpc) is 2.27. The number of hydrogen-bond acceptors (Lipinski definition) is 2. The summed E-state index contributed by atoms with van der Waals surface area (Å²) < 4.78 is 36.3. The zero-order valence-corrected chi connectivity index (χ0v) is 10.7. The van der Waals surface area contributed by atoms with Crippen molar-refractivity contribution in [1.82, 2.24) is 10.2 Å². The van der Waals surface area contributed by atoms with Crippen LogP contribution in [0.15, 0.2) is 0 Å². The standard InChI is InChI=1S/C12H23F3N2/c1-10(16-2)11-6-3-4-8-17(11)9-5-7-12(13,14)15/h10-11,16H,3-9H2,1-2H3. The van der Waals surface area contributed by atoms with Crippen LogP contribution >= 0.6 is 0 Å². The summed E-state index contributed by atoms with van der Waals surface area (Å²) in [6.07, 6.45) is -1.07. The summed E-state index contributed by atoms with van der Waals surface area (Å²) in [5, 5.41) is 3.21. The van der Waals surface area contributed by atoms with Crippen molar-refractivity contribution in [3.63, 3.8) is 0 Å². The van der Waals surface area contributed by atoms with Crippen LogP contribution in [-0.2, 0) is 0 Å². The van der Waals surface area contributed by atoms with Crippen LogP contribution in [0.1, 0.15) is 39.0 Å². The molecule has 2 atom stereocenters. The van der Waals surface area contributed by atoms with Gasteiger partial charge in [-0.25, -0.2) is 0 Å². The van der Waals surface area contributed by atoms with E-state index >= 15 is 0 Å². The van der Waals surface area contributed by atoms with Crippen LogP contribution in [-0.4, -0.2) is 43.3 Å². The van der Waals surface area contributed by atoms with Gasteiger partial charge in [0.2, 0.25) is 0 Å². The van der Waals surface area contributed by atoms with Gasteiger partial charge in [0.25, 0.3) is 0 Å². The number of rotatable bonds is 5. The highest BCUT2D eigenvalue weighted by Gasteiger charge is 2.29. The molecule has 0 amide bonds. The molecule has 0 bridgehead atoms. The maximum Gasteiger partial charge on any atom is 0.389 e. The first-order valence-electron chi connectivity index (χ1n) is 6.42. The molecule has 0 aromatic rings. The molecular weight excluding hydrogens is 229 g/mol. The van der Waals surface area contributed by atoms with Crippen molar-refractivity contribution in [3.8, 4) is 0 Å². The monoisotopic (exact) mass is 252 g/mol. The lowest BCUT2D eigenvalue weighted by atomic mass is 9.96. The van der Waals surface area contributed by atoms with E-state index in [1.807, 2.05) is 7.05 Å². The third-order valence-electron chi connectivity index (χ3n) is 3.60. The van der Waals surface area contributed by atoms with Crippen LogP contribution in [0, 0.1) is 0 Å². The molecule has 0 saturated carbocycles. The molecule has 1 aliphatic heterocycles. The molecule has 0 spiro atoms. The van der Waals surface area contributed by atoms with E-state index in [-0.39, 0.29) is 6.42 Å². The Bertz CT molecular complexity index is 218. The second kappa shape index (κ2) is 6.59. The summed E-state index contributed by atoms with van der Waals surface area (Å²) in [5.74, 6) is 0.